The number of hydrogen-bond donors (Lipinski definition) is 0. The van der Waals surface area contributed by atoms with Gasteiger partial charge in [-0.15, -0.1) is 0 Å². The summed E-state index contributed by atoms with van der Waals surface area (Å²) in [5.74, 6) is 0. The van der Waals surface area contributed by atoms with Gasteiger partial charge in [-0.05, 0) is 131 Å². The lowest BCUT2D eigenvalue weighted by Gasteiger charge is -2.26. The van der Waals surface area contributed by atoms with E-state index in [9.17, 15) is 0 Å². The first kappa shape index (κ1) is 39.3. The zero-order chi connectivity index (χ0) is 43.4. The molecular weight excluding hydrogens is 783 g/mol. The first-order valence-electron chi connectivity index (χ1n) is 22.3. The number of benzene rings is 11. The van der Waals surface area contributed by atoms with Gasteiger partial charge in [-0.2, -0.15) is 0 Å². The summed E-state index contributed by atoms with van der Waals surface area (Å²) in [7, 11) is 0. The molecule has 1 heteroatoms. The molecule has 0 spiro atoms. The second-order valence-electron chi connectivity index (χ2n) is 16.5. The molecule has 0 bridgehead atoms. The predicted molar refractivity (Wildman–Crippen MR) is 277 cm³/mol. The van der Waals surface area contributed by atoms with Crippen LogP contribution < -0.4 is 4.90 Å². The standard InChI is InChI=1S/C64H45N/c1-3-15-46(16-4-1)48-27-29-49(30-28-48)50-33-39-56(40-34-50)65(57-41-35-51(36-42-57)55-32-31-47-17-7-8-20-54(47)45-55)58-43-37-53(38-44-58)60-22-10-12-24-62(60)64-26-14-13-25-63(64)61-23-11-9-21-59(61)52-18-5-2-6-19-52/h1-45H. The largest absolute Gasteiger partial charge is 0.311 e. The van der Waals surface area contributed by atoms with E-state index in [4.69, 9.17) is 0 Å². The molecule has 0 saturated carbocycles. The third-order valence-corrected chi connectivity index (χ3v) is 12.5. The molecule has 0 amide bonds. The van der Waals surface area contributed by atoms with E-state index >= 15 is 0 Å². The third kappa shape index (κ3) is 8.04. The third-order valence-electron chi connectivity index (χ3n) is 12.5. The molecule has 0 aromatic heterocycles. The number of hydrogen-bond acceptors (Lipinski definition) is 1. The highest BCUT2D eigenvalue weighted by atomic mass is 15.1. The van der Waals surface area contributed by atoms with Crippen molar-refractivity contribution in [2.45, 2.75) is 0 Å². The molecule has 11 aromatic rings. The summed E-state index contributed by atoms with van der Waals surface area (Å²) in [5.41, 5.74) is 20.1. The van der Waals surface area contributed by atoms with Gasteiger partial charge in [-0.1, -0.05) is 231 Å². The van der Waals surface area contributed by atoms with Crippen LogP contribution in [0.5, 0.6) is 0 Å². The van der Waals surface area contributed by atoms with Crippen LogP contribution in [0, 0.1) is 0 Å². The Labute approximate surface area is 381 Å². The summed E-state index contributed by atoms with van der Waals surface area (Å²) in [4.78, 5) is 2.36. The number of rotatable bonds is 10. The van der Waals surface area contributed by atoms with E-state index in [0.29, 0.717) is 0 Å². The van der Waals surface area contributed by atoms with Crippen molar-refractivity contribution < 1.29 is 0 Å². The van der Waals surface area contributed by atoms with E-state index in [0.717, 1.165) is 22.6 Å². The van der Waals surface area contributed by atoms with Gasteiger partial charge in [0, 0.05) is 17.1 Å². The van der Waals surface area contributed by atoms with E-state index in [1.807, 2.05) is 0 Å². The number of fused-ring (bicyclic) bond motifs is 1. The van der Waals surface area contributed by atoms with Crippen LogP contribution >= 0.6 is 0 Å². The lowest BCUT2D eigenvalue weighted by atomic mass is 9.87. The summed E-state index contributed by atoms with van der Waals surface area (Å²) < 4.78 is 0. The van der Waals surface area contributed by atoms with Gasteiger partial charge in [-0.3, -0.25) is 0 Å². The molecule has 65 heavy (non-hydrogen) atoms. The lowest BCUT2D eigenvalue weighted by molar-refractivity contribution is 1.28. The lowest BCUT2D eigenvalue weighted by Crippen LogP contribution is -2.09. The maximum atomic E-state index is 2.36. The van der Waals surface area contributed by atoms with Crippen molar-refractivity contribution >= 4 is 27.8 Å². The van der Waals surface area contributed by atoms with Gasteiger partial charge in [0.1, 0.15) is 0 Å². The molecule has 1 nitrogen and oxygen atoms in total. The molecule has 0 radical (unpaired) electrons. The van der Waals surface area contributed by atoms with Crippen LogP contribution in [0.15, 0.2) is 273 Å². The summed E-state index contributed by atoms with van der Waals surface area (Å²) in [6.45, 7) is 0. The van der Waals surface area contributed by atoms with Crippen molar-refractivity contribution in [2.75, 3.05) is 4.90 Å². The fourth-order valence-electron chi connectivity index (χ4n) is 9.21. The number of anilines is 3. The monoisotopic (exact) mass is 827 g/mol. The molecule has 0 fully saturated rings. The van der Waals surface area contributed by atoms with Gasteiger partial charge in [0.05, 0.1) is 0 Å². The molecule has 0 aliphatic heterocycles. The summed E-state index contributed by atoms with van der Waals surface area (Å²) in [6, 6.07) is 98.7. The molecule has 306 valence electrons. The van der Waals surface area contributed by atoms with E-state index in [-0.39, 0.29) is 0 Å². The van der Waals surface area contributed by atoms with Crippen molar-refractivity contribution in [3.8, 4) is 77.9 Å². The molecule has 0 atom stereocenters. The van der Waals surface area contributed by atoms with Crippen LogP contribution in [0.4, 0.5) is 17.1 Å². The van der Waals surface area contributed by atoms with Crippen molar-refractivity contribution in [1.82, 2.24) is 0 Å². The fraction of sp³-hybridized carbons (Fsp3) is 0. The Morgan fingerprint density at radius 2 is 0.446 bits per heavy atom. The topological polar surface area (TPSA) is 3.24 Å². The molecule has 11 rings (SSSR count). The highest BCUT2D eigenvalue weighted by Gasteiger charge is 2.17. The first-order valence-corrected chi connectivity index (χ1v) is 22.3. The van der Waals surface area contributed by atoms with Gasteiger partial charge in [0.25, 0.3) is 0 Å². The Bertz CT molecular complexity index is 3370. The molecule has 0 aliphatic carbocycles. The predicted octanol–water partition coefficient (Wildman–Crippen LogP) is 18.0. The van der Waals surface area contributed by atoms with Crippen molar-refractivity contribution in [3.05, 3.63) is 273 Å². The minimum absolute atomic E-state index is 1.09. The minimum atomic E-state index is 1.09. The second-order valence-corrected chi connectivity index (χ2v) is 16.5. The van der Waals surface area contributed by atoms with Gasteiger partial charge in [0.15, 0.2) is 0 Å². The van der Waals surface area contributed by atoms with Gasteiger partial charge >= 0.3 is 0 Å². The smallest absolute Gasteiger partial charge is 0.0462 e. The van der Waals surface area contributed by atoms with Crippen LogP contribution in [0.3, 0.4) is 0 Å². The minimum Gasteiger partial charge on any atom is -0.311 e. The highest BCUT2D eigenvalue weighted by Crippen LogP contribution is 2.43. The molecule has 0 unspecified atom stereocenters. The number of nitrogens with zero attached hydrogens (tertiary/aromatic N) is 1. The Hall–Kier alpha value is -8.52. The average molecular weight is 828 g/mol. The molecule has 0 aliphatic rings. The maximum Gasteiger partial charge on any atom is 0.0462 e. The fourth-order valence-corrected chi connectivity index (χ4v) is 9.21. The first-order chi connectivity index (χ1) is 32.2. The Morgan fingerprint density at radius 1 is 0.169 bits per heavy atom. The second kappa shape index (κ2) is 17.7. The van der Waals surface area contributed by atoms with Gasteiger partial charge in [0.2, 0.25) is 0 Å². The maximum absolute atomic E-state index is 2.36. The Kier molecular flexibility index (Phi) is 10.7. The van der Waals surface area contributed by atoms with Crippen molar-refractivity contribution in [1.29, 1.82) is 0 Å². The normalized spacial score (nSPS) is 11.1. The van der Waals surface area contributed by atoms with Crippen LogP contribution in [0.2, 0.25) is 0 Å². The average Bonchev–Trinajstić information content (AvgIpc) is 3.40. The summed E-state index contributed by atoms with van der Waals surface area (Å²) in [6.07, 6.45) is 0. The van der Waals surface area contributed by atoms with E-state index in [2.05, 4.69) is 278 Å². The zero-order valence-electron chi connectivity index (χ0n) is 35.9. The van der Waals surface area contributed by atoms with E-state index < -0.39 is 0 Å². The SMILES string of the molecule is c1ccc(-c2ccc(-c3ccc(N(c4ccc(-c5ccc6ccccc6c5)cc4)c4ccc(-c5ccccc5-c5ccccc5-c5ccccc5-c5ccccc5)cc4)cc3)cc2)cc1. The summed E-state index contributed by atoms with van der Waals surface area (Å²) in [5, 5.41) is 2.49. The Morgan fingerprint density at radius 3 is 0.908 bits per heavy atom. The van der Waals surface area contributed by atoms with Crippen LogP contribution in [0.1, 0.15) is 0 Å². The summed E-state index contributed by atoms with van der Waals surface area (Å²) >= 11 is 0. The molecule has 11 aromatic carbocycles. The van der Waals surface area contributed by atoms with Crippen LogP contribution in [-0.2, 0) is 0 Å². The van der Waals surface area contributed by atoms with Crippen molar-refractivity contribution in [3.63, 3.8) is 0 Å². The molecule has 0 heterocycles. The zero-order valence-corrected chi connectivity index (χ0v) is 35.9. The van der Waals surface area contributed by atoms with E-state index in [1.165, 1.54) is 83.1 Å². The molecule has 0 saturated heterocycles. The molecule has 0 N–H and O–H groups in total. The van der Waals surface area contributed by atoms with E-state index in [1.54, 1.807) is 0 Å². The van der Waals surface area contributed by atoms with Crippen LogP contribution in [0.25, 0.3) is 88.7 Å². The van der Waals surface area contributed by atoms with Crippen LogP contribution in [-0.4, -0.2) is 0 Å². The van der Waals surface area contributed by atoms with Gasteiger partial charge in [-0.25, -0.2) is 0 Å². The molecular formula is C64H45N. The van der Waals surface area contributed by atoms with Crippen molar-refractivity contribution in [2.24, 2.45) is 0 Å². The Balaban J connectivity index is 0.953. The highest BCUT2D eigenvalue weighted by molar-refractivity contribution is 5.96. The quantitative estimate of drug-likeness (QED) is 0.133. The van der Waals surface area contributed by atoms with Gasteiger partial charge < -0.3 is 4.90 Å².